The highest BCUT2D eigenvalue weighted by Gasteiger charge is 2.32. The molecular weight excluding hydrogens is 295 g/mol. The Hall–Kier alpha value is -2.01. The van der Waals surface area contributed by atoms with Crippen LogP contribution in [0, 0.1) is 11.3 Å². The fourth-order valence-electron chi connectivity index (χ4n) is 1.38. The highest BCUT2D eigenvalue weighted by Crippen LogP contribution is 2.40. The Balaban J connectivity index is 3.37. The molecule has 0 aliphatic rings. The van der Waals surface area contributed by atoms with Crippen molar-refractivity contribution in [3.8, 4) is 6.07 Å². The molecule has 0 heterocycles. The average Bonchev–Trinajstić information content (AvgIpc) is 2.37. The van der Waals surface area contributed by atoms with Gasteiger partial charge in [0, 0.05) is 10.5 Å². The molecule has 4 nitrogen and oxygen atoms in total. The van der Waals surface area contributed by atoms with E-state index < -0.39 is 33.7 Å². The van der Waals surface area contributed by atoms with Crippen molar-refractivity contribution in [3.63, 3.8) is 0 Å². The predicted octanol–water partition coefficient (Wildman–Crippen LogP) is 3.16. The molecule has 1 rings (SSSR count). The Morgan fingerprint density at radius 2 is 2.15 bits per heavy atom. The minimum absolute atomic E-state index is 0.0657. The first-order valence-corrected chi connectivity index (χ1v) is 6.10. The van der Waals surface area contributed by atoms with E-state index in [2.05, 4.69) is 4.74 Å². The second-order valence-electron chi connectivity index (χ2n) is 3.44. The molecule has 8 heteroatoms. The third kappa shape index (κ3) is 3.99. The van der Waals surface area contributed by atoms with Gasteiger partial charge < -0.3 is 4.74 Å². The molecule has 0 aliphatic carbocycles. The summed E-state index contributed by atoms with van der Waals surface area (Å²) in [6, 6.07) is 3.49. The fraction of sp³-hybridized carbons (Fsp3) is 0.250. The van der Waals surface area contributed by atoms with E-state index >= 15 is 0 Å². The summed E-state index contributed by atoms with van der Waals surface area (Å²) in [5, 5.41) is 8.87. The zero-order valence-corrected chi connectivity index (χ0v) is 11.0. The molecule has 1 aromatic rings. The van der Waals surface area contributed by atoms with E-state index in [1.807, 2.05) is 0 Å². The molecular formula is C12H8F3NO3S. The van der Waals surface area contributed by atoms with Gasteiger partial charge in [-0.05, 0) is 30.8 Å². The van der Waals surface area contributed by atoms with Gasteiger partial charge in [0.25, 0.3) is 0 Å². The number of hydrogen-bond donors (Lipinski definition) is 0. The summed E-state index contributed by atoms with van der Waals surface area (Å²) in [5.41, 5.74) is -5.57. The first-order chi connectivity index (χ1) is 9.32. The highest BCUT2D eigenvalue weighted by atomic mass is 32.2. The number of alkyl halides is 3. The molecule has 0 bridgehead atoms. The van der Waals surface area contributed by atoms with Gasteiger partial charge in [0.05, 0.1) is 17.7 Å². The number of ether oxygens (including phenoxy) is 1. The minimum Gasteiger partial charge on any atom is -0.462 e. The number of nitrogens with zero attached hydrogens (tertiary/aromatic N) is 1. The largest absolute Gasteiger partial charge is 0.462 e. The van der Waals surface area contributed by atoms with Crippen molar-refractivity contribution in [1.29, 1.82) is 5.26 Å². The maximum atomic E-state index is 12.4. The van der Waals surface area contributed by atoms with E-state index in [1.165, 1.54) is 0 Å². The third-order valence-electron chi connectivity index (χ3n) is 2.09. The lowest BCUT2D eigenvalue weighted by Crippen LogP contribution is -2.08. The van der Waals surface area contributed by atoms with Gasteiger partial charge in [0.2, 0.25) is 0 Å². The van der Waals surface area contributed by atoms with Gasteiger partial charge in [-0.25, -0.2) is 4.79 Å². The standard InChI is InChI=1S/C12H8F3NO3S/c1-2-19-11(18)7-3-8(5-16)10(9(4-7)6-17)20-12(13,14)15/h3-4,6H,2H2,1H3. The molecule has 0 saturated heterocycles. The molecule has 1 aromatic carbocycles. The Bertz CT molecular complexity index is 579. The van der Waals surface area contributed by atoms with Crippen molar-refractivity contribution in [1.82, 2.24) is 0 Å². The second-order valence-corrected chi connectivity index (χ2v) is 4.52. The van der Waals surface area contributed by atoms with Crippen molar-refractivity contribution in [2.45, 2.75) is 17.3 Å². The number of thioether (sulfide) groups is 1. The van der Waals surface area contributed by atoms with Gasteiger partial charge >= 0.3 is 11.5 Å². The van der Waals surface area contributed by atoms with Crippen LogP contribution in [0.3, 0.4) is 0 Å². The molecule has 0 aliphatic heterocycles. The number of hydrogen-bond acceptors (Lipinski definition) is 5. The number of benzene rings is 1. The molecule has 20 heavy (non-hydrogen) atoms. The van der Waals surface area contributed by atoms with E-state index in [4.69, 9.17) is 5.26 Å². The Labute approximate surface area is 116 Å². The first kappa shape index (κ1) is 16.0. The van der Waals surface area contributed by atoms with Crippen molar-refractivity contribution in [2.24, 2.45) is 0 Å². The Morgan fingerprint density at radius 3 is 2.60 bits per heavy atom. The molecule has 106 valence electrons. The van der Waals surface area contributed by atoms with Crippen molar-refractivity contribution < 1.29 is 27.5 Å². The summed E-state index contributed by atoms with van der Waals surface area (Å²) in [7, 11) is 0. The predicted molar refractivity (Wildman–Crippen MR) is 64.4 cm³/mol. The van der Waals surface area contributed by atoms with Gasteiger partial charge in [-0.15, -0.1) is 0 Å². The molecule has 0 fully saturated rings. The number of carbonyl (C=O) groups is 2. The molecule has 0 spiro atoms. The number of esters is 1. The van der Waals surface area contributed by atoms with E-state index in [0.717, 1.165) is 12.1 Å². The van der Waals surface area contributed by atoms with Crippen molar-refractivity contribution in [3.05, 3.63) is 28.8 Å². The zero-order valence-electron chi connectivity index (χ0n) is 10.2. The third-order valence-corrected chi connectivity index (χ3v) is 2.99. The number of nitriles is 1. The average molecular weight is 303 g/mol. The lowest BCUT2D eigenvalue weighted by Gasteiger charge is -2.11. The van der Waals surface area contributed by atoms with Crippen LogP contribution in [-0.2, 0) is 4.74 Å². The van der Waals surface area contributed by atoms with Crippen LogP contribution in [0.2, 0.25) is 0 Å². The Kier molecular flexibility index (Phi) is 5.16. The van der Waals surface area contributed by atoms with Crippen LogP contribution in [-0.4, -0.2) is 24.4 Å². The quantitative estimate of drug-likeness (QED) is 0.485. The lowest BCUT2D eigenvalue weighted by atomic mass is 10.1. The van der Waals surface area contributed by atoms with Crippen LogP contribution in [0.4, 0.5) is 13.2 Å². The smallest absolute Gasteiger partial charge is 0.446 e. The van der Waals surface area contributed by atoms with Crippen LogP contribution < -0.4 is 0 Å². The van der Waals surface area contributed by atoms with Crippen LogP contribution in [0.1, 0.15) is 33.2 Å². The molecule has 0 amide bonds. The topological polar surface area (TPSA) is 67.2 Å². The van der Waals surface area contributed by atoms with Crippen molar-refractivity contribution >= 4 is 24.0 Å². The molecule has 0 atom stereocenters. The van der Waals surface area contributed by atoms with Gasteiger partial charge in [-0.1, -0.05) is 0 Å². The van der Waals surface area contributed by atoms with E-state index in [-0.39, 0.29) is 24.0 Å². The maximum Gasteiger partial charge on any atom is 0.446 e. The summed E-state index contributed by atoms with van der Waals surface area (Å²) in [5.74, 6) is -0.810. The molecule has 0 unspecified atom stereocenters. The summed E-state index contributed by atoms with van der Waals surface area (Å²) in [4.78, 5) is 21.8. The molecule has 0 saturated carbocycles. The SMILES string of the molecule is CCOC(=O)c1cc(C#N)c(SC(F)(F)F)c(C=O)c1. The minimum atomic E-state index is -4.64. The number of carbonyl (C=O) groups excluding carboxylic acids is 2. The number of aldehydes is 1. The van der Waals surface area contributed by atoms with Gasteiger partial charge in [-0.3, -0.25) is 4.79 Å². The maximum absolute atomic E-state index is 12.4. The van der Waals surface area contributed by atoms with Gasteiger partial charge in [0.1, 0.15) is 6.07 Å². The first-order valence-electron chi connectivity index (χ1n) is 5.28. The number of rotatable bonds is 4. The summed E-state index contributed by atoms with van der Waals surface area (Å²) < 4.78 is 41.9. The van der Waals surface area contributed by atoms with E-state index in [1.54, 1.807) is 13.0 Å². The molecule has 0 aromatic heterocycles. The monoisotopic (exact) mass is 303 g/mol. The molecule has 0 radical (unpaired) electrons. The van der Waals surface area contributed by atoms with E-state index in [9.17, 15) is 22.8 Å². The summed E-state index contributed by atoms with van der Waals surface area (Å²) >= 11 is -0.569. The fourth-order valence-corrected chi connectivity index (χ4v) is 2.05. The highest BCUT2D eigenvalue weighted by molar-refractivity contribution is 8.00. The van der Waals surface area contributed by atoms with Crippen LogP contribution >= 0.6 is 11.8 Å². The van der Waals surface area contributed by atoms with E-state index in [0.29, 0.717) is 0 Å². The lowest BCUT2D eigenvalue weighted by molar-refractivity contribution is -0.0328. The van der Waals surface area contributed by atoms with Crippen molar-refractivity contribution in [2.75, 3.05) is 6.61 Å². The molecule has 0 N–H and O–H groups in total. The van der Waals surface area contributed by atoms with Crippen LogP contribution in [0.15, 0.2) is 17.0 Å². The summed E-state index contributed by atoms with van der Waals surface area (Å²) in [6.07, 6.45) is 0.164. The summed E-state index contributed by atoms with van der Waals surface area (Å²) in [6.45, 7) is 1.62. The number of halogens is 3. The zero-order chi connectivity index (χ0) is 15.3. The van der Waals surface area contributed by atoms with Crippen LogP contribution in [0.25, 0.3) is 0 Å². The van der Waals surface area contributed by atoms with Gasteiger partial charge in [0.15, 0.2) is 6.29 Å². The van der Waals surface area contributed by atoms with Crippen LogP contribution in [0.5, 0.6) is 0 Å². The second kappa shape index (κ2) is 6.43. The van der Waals surface area contributed by atoms with Gasteiger partial charge in [-0.2, -0.15) is 18.4 Å². The normalized spacial score (nSPS) is 10.8. The Morgan fingerprint density at radius 1 is 1.50 bits per heavy atom.